The Morgan fingerprint density at radius 1 is 1.05 bits per heavy atom. The first-order valence-electron chi connectivity index (χ1n) is 7.28. The zero-order chi connectivity index (χ0) is 13.9. The summed E-state index contributed by atoms with van der Waals surface area (Å²) in [5.41, 5.74) is 1.28. The molecule has 0 amide bonds. The van der Waals surface area contributed by atoms with Crippen molar-refractivity contribution < 1.29 is 9.84 Å². The third-order valence-corrected chi connectivity index (χ3v) is 2.96. The Bertz CT molecular complexity index is 322. The summed E-state index contributed by atoms with van der Waals surface area (Å²) in [5, 5.41) is 12.1. The van der Waals surface area contributed by atoms with Crippen molar-refractivity contribution >= 4 is 0 Å². The van der Waals surface area contributed by atoms with Gasteiger partial charge in [-0.1, -0.05) is 32.4 Å². The van der Waals surface area contributed by atoms with E-state index in [2.05, 4.69) is 31.3 Å². The molecule has 2 N–H and O–H groups in total. The number of unbranched alkanes of at least 4 members (excludes halogenated alkanes) is 3. The monoisotopic (exact) mass is 265 g/mol. The van der Waals surface area contributed by atoms with Gasteiger partial charge in [-0.25, -0.2) is 0 Å². The van der Waals surface area contributed by atoms with Crippen molar-refractivity contribution in [3.63, 3.8) is 0 Å². The smallest absolute Gasteiger partial charge is 0.119 e. The van der Waals surface area contributed by atoms with Gasteiger partial charge in [-0.15, -0.1) is 0 Å². The quantitative estimate of drug-likeness (QED) is 0.639. The predicted molar refractivity (Wildman–Crippen MR) is 79.5 cm³/mol. The highest BCUT2D eigenvalue weighted by molar-refractivity contribution is 5.27. The topological polar surface area (TPSA) is 41.5 Å². The number of ether oxygens (including phenoxy) is 1. The number of benzene rings is 1. The van der Waals surface area contributed by atoms with Crippen LogP contribution in [0.1, 0.15) is 45.1 Å². The minimum Gasteiger partial charge on any atom is -0.494 e. The van der Waals surface area contributed by atoms with Crippen molar-refractivity contribution in [2.45, 2.75) is 52.1 Å². The minimum absolute atomic E-state index is 0.298. The van der Waals surface area contributed by atoms with Crippen molar-refractivity contribution in [3.05, 3.63) is 29.8 Å². The van der Waals surface area contributed by atoms with Gasteiger partial charge in [0.2, 0.25) is 0 Å². The first kappa shape index (κ1) is 16.0. The molecule has 0 bridgehead atoms. The molecule has 108 valence electrons. The fourth-order valence-electron chi connectivity index (χ4n) is 1.78. The standard InChI is InChI=1S/C16H27NO2/c1-14(2)17-13-15-7-9-16(10-8-15)19-12-6-4-3-5-11-18/h7-10,14,17-18H,3-6,11-13H2,1-2H3. The molecule has 0 atom stereocenters. The van der Waals surface area contributed by atoms with Crippen LogP contribution in [0.4, 0.5) is 0 Å². The molecule has 0 saturated heterocycles. The Balaban J connectivity index is 2.17. The Hall–Kier alpha value is -1.06. The Morgan fingerprint density at radius 2 is 1.74 bits per heavy atom. The van der Waals surface area contributed by atoms with E-state index in [0.29, 0.717) is 12.6 Å². The lowest BCUT2D eigenvalue weighted by Gasteiger charge is -2.09. The van der Waals surface area contributed by atoms with Crippen LogP contribution in [0.5, 0.6) is 5.75 Å². The Labute approximate surface area is 117 Å². The molecule has 0 fully saturated rings. The summed E-state index contributed by atoms with van der Waals surface area (Å²) >= 11 is 0. The Kier molecular flexibility index (Phi) is 8.26. The van der Waals surface area contributed by atoms with Crippen LogP contribution in [-0.4, -0.2) is 24.4 Å². The summed E-state index contributed by atoms with van der Waals surface area (Å²) in [5.74, 6) is 0.940. The van der Waals surface area contributed by atoms with Gasteiger partial charge in [0.25, 0.3) is 0 Å². The average molecular weight is 265 g/mol. The number of hydrogen-bond acceptors (Lipinski definition) is 3. The van der Waals surface area contributed by atoms with Crippen molar-refractivity contribution in [2.75, 3.05) is 13.2 Å². The van der Waals surface area contributed by atoms with E-state index in [-0.39, 0.29) is 0 Å². The maximum absolute atomic E-state index is 8.67. The highest BCUT2D eigenvalue weighted by atomic mass is 16.5. The predicted octanol–water partition coefficient (Wildman–Crippen LogP) is 3.12. The molecule has 1 aromatic rings. The third kappa shape index (κ3) is 7.85. The second-order valence-electron chi connectivity index (χ2n) is 5.17. The lowest BCUT2D eigenvalue weighted by atomic mass is 10.2. The molecule has 19 heavy (non-hydrogen) atoms. The van der Waals surface area contributed by atoms with Crippen LogP contribution in [0.15, 0.2) is 24.3 Å². The van der Waals surface area contributed by atoms with Gasteiger partial charge < -0.3 is 15.2 Å². The molecule has 0 aliphatic carbocycles. The van der Waals surface area contributed by atoms with Gasteiger partial charge >= 0.3 is 0 Å². The SMILES string of the molecule is CC(C)NCc1ccc(OCCCCCCO)cc1. The maximum Gasteiger partial charge on any atom is 0.119 e. The largest absolute Gasteiger partial charge is 0.494 e. The van der Waals surface area contributed by atoms with E-state index in [1.54, 1.807) is 0 Å². The summed E-state index contributed by atoms with van der Waals surface area (Å²) in [6.45, 7) is 6.25. The molecule has 0 aromatic heterocycles. The van der Waals surface area contributed by atoms with Gasteiger partial charge in [-0.2, -0.15) is 0 Å². The molecular formula is C16H27NO2. The van der Waals surface area contributed by atoms with Gasteiger partial charge in [0.1, 0.15) is 5.75 Å². The molecule has 0 spiro atoms. The molecule has 0 saturated carbocycles. The van der Waals surface area contributed by atoms with E-state index in [4.69, 9.17) is 9.84 Å². The molecule has 0 radical (unpaired) electrons. The summed E-state index contributed by atoms with van der Waals surface area (Å²) in [7, 11) is 0. The molecule has 0 unspecified atom stereocenters. The molecular weight excluding hydrogens is 238 g/mol. The lowest BCUT2D eigenvalue weighted by molar-refractivity contribution is 0.273. The van der Waals surface area contributed by atoms with Crippen molar-refractivity contribution in [3.8, 4) is 5.75 Å². The van der Waals surface area contributed by atoms with Crippen LogP contribution in [0.2, 0.25) is 0 Å². The lowest BCUT2D eigenvalue weighted by Crippen LogP contribution is -2.21. The molecule has 1 aromatic carbocycles. The molecule has 0 aliphatic rings. The fraction of sp³-hybridized carbons (Fsp3) is 0.625. The van der Waals surface area contributed by atoms with Gasteiger partial charge in [-0.05, 0) is 37.0 Å². The van der Waals surface area contributed by atoms with Gasteiger partial charge in [-0.3, -0.25) is 0 Å². The zero-order valence-corrected chi connectivity index (χ0v) is 12.2. The van der Waals surface area contributed by atoms with Crippen LogP contribution in [0.25, 0.3) is 0 Å². The zero-order valence-electron chi connectivity index (χ0n) is 12.2. The molecule has 1 rings (SSSR count). The Morgan fingerprint density at radius 3 is 2.37 bits per heavy atom. The fourth-order valence-corrected chi connectivity index (χ4v) is 1.78. The highest BCUT2D eigenvalue weighted by Crippen LogP contribution is 2.13. The van der Waals surface area contributed by atoms with Crippen LogP contribution < -0.4 is 10.1 Å². The molecule has 0 heterocycles. The van der Waals surface area contributed by atoms with Crippen LogP contribution >= 0.6 is 0 Å². The third-order valence-electron chi connectivity index (χ3n) is 2.96. The first-order chi connectivity index (χ1) is 9.22. The number of aliphatic hydroxyl groups excluding tert-OH is 1. The van der Waals surface area contributed by atoms with Crippen molar-refractivity contribution in [2.24, 2.45) is 0 Å². The van der Waals surface area contributed by atoms with Gasteiger partial charge in [0, 0.05) is 19.2 Å². The van der Waals surface area contributed by atoms with E-state index in [1.165, 1.54) is 5.56 Å². The maximum atomic E-state index is 8.67. The molecule has 0 aliphatic heterocycles. The first-order valence-corrected chi connectivity index (χ1v) is 7.28. The van der Waals surface area contributed by atoms with Crippen LogP contribution in [0.3, 0.4) is 0 Å². The number of nitrogens with one attached hydrogen (secondary N) is 1. The van der Waals surface area contributed by atoms with Crippen molar-refractivity contribution in [1.29, 1.82) is 0 Å². The summed E-state index contributed by atoms with van der Waals surface area (Å²) in [4.78, 5) is 0. The van der Waals surface area contributed by atoms with Gasteiger partial charge in [0.05, 0.1) is 6.61 Å². The number of rotatable bonds is 10. The summed E-state index contributed by atoms with van der Waals surface area (Å²) in [6.07, 6.45) is 4.16. The van der Waals surface area contributed by atoms with E-state index in [9.17, 15) is 0 Å². The van der Waals surface area contributed by atoms with E-state index in [1.807, 2.05) is 12.1 Å². The normalized spacial score (nSPS) is 10.9. The minimum atomic E-state index is 0.298. The molecule has 3 nitrogen and oxygen atoms in total. The summed E-state index contributed by atoms with van der Waals surface area (Å²) in [6, 6.07) is 8.79. The summed E-state index contributed by atoms with van der Waals surface area (Å²) < 4.78 is 5.68. The number of aliphatic hydroxyl groups is 1. The van der Waals surface area contributed by atoms with E-state index < -0.39 is 0 Å². The van der Waals surface area contributed by atoms with Crippen molar-refractivity contribution in [1.82, 2.24) is 5.32 Å². The second-order valence-corrected chi connectivity index (χ2v) is 5.17. The molecule has 3 heteroatoms. The highest BCUT2D eigenvalue weighted by Gasteiger charge is 1.97. The number of hydrogen-bond donors (Lipinski definition) is 2. The average Bonchev–Trinajstić information content (AvgIpc) is 2.41. The second kappa shape index (κ2) is 9.82. The van der Waals surface area contributed by atoms with E-state index in [0.717, 1.165) is 44.6 Å². The van der Waals surface area contributed by atoms with Gasteiger partial charge in [0.15, 0.2) is 0 Å². The van der Waals surface area contributed by atoms with Crippen LogP contribution in [0, 0.1) is 0 Å². The van der Waals surface area contributed by atoms with E-state index >= 15 is 0 Å². The van der Waals surface area contributed by atoms with Crippen LogP contribution in [-0.2, 0) is 6.54 Å².